The Morgan fingerprint density at radius 3 is 1.59 bits per heavy atom. The summed E-state index contributed by atoms with van der Waals surface area (Å²) in [5, 5.41) is 7.05. The number of rotatable bonds is 7. The van der Waals surface area contributed by atoms with Gasteiger partial charge in [-0.3, -0.25) is 0 Å². The maximum absolute atomic E-state index is 6.67. The van der Waals surface area contributed by atoms with Crippen LogP contribution in [0.4, 0.5) is 17.1 Å². The summed E-state index contributed by atoms with van der Waals surface area (Å²) in [7, 11) is 0. The van der Waals surface area contributed by atoms with Crippen LogP contribution in [0.2, 0.25) is 0 Å². The third-order valence-corrected chi connectivity index (χ3v) is 11.5. The van der Waals surface area contributed by atoms with Crippen LogP contribution in [0.15, 0.2) is 229 Å². The maximum Gasteiger partial charge on any atom is 0.143 e. The van der Waals surface area contributed by atoms with Crippen LogP contribution in [0.25, 0.3) is 88.0 Å². The van der Waals surface area contributed by atoms with Gasteiger partial charge in [0.1, 0.15) is 11.2 Å². The average molecular weight is 740 g/mol. The van der Waals surface area contributed by atoms with Crippen molar-refractivity contribution in [3.8, 4) is 44.5 Å². The summed E-state index contributed by atoms with van der Waals surface area (Å²) < 4.78 is 6.67. The predicted octanol–water partition coefficient (Wildman–Crippen LogP) is 16.0. The highest BCUT2D eigenvalue weighted by Crippen LogP contribution is 2.47. The third-order valence-electron chi connectivity index (χ3n) is 11.5. The largest absolute Gasteiger partial charge is 0.455 e. The maximum atomic E-state index is 6.67. The summed E-state index contributed by atoms with van der Waals surface area (Å²) in [6.07, 6.45) is 0. The van der Waals surface area contributed by atoms with E-state index in [1.165, 1.54) is 44.0 Å². The number of furan rings is 1. The van der Waals surface area contributed by atoms with Crippen LogP contribution in [-0.4, -0.2) is 0 Å². The van der Waals surface area contributed by atoms with Gasteiger partial charge in [-0.15, -0.1) is 0 Å². The highest BCUT2D eigenvalue weighted by molar-refractivity contribution is 6.20. The van der Waals surface area contributed by atoms with Gasteiger partial charge in [0, 0.05) is 33.0 Å². The van der Waals surface area contributed by atoms with Crippen molar-refractivity contribution in [1.29, 1.82) is 0 Å². The second kappa shape index (κ2) is 14.1. The van der Waals surface area contributed by atoms with Crippen LogP contribution in [0.3, 0.4) is 0 Å². The quantitative estimate of drug-likeness (QED) is 0.162. The van der Waals surface area contributed by atoms with E-state index in [1.54, 1.807) is 0 Å². The van der Waals surface area contributed by atoms with E-state index in [-0.39, 0.29) is 0 Å². The minimum absolute atomic E-state index is 0.880. The fraction of sp³-hybridized carbons (Fsp3) is 0. The van der Waals surface area contributed by atoms with Gasteiger partial charge in [-0.05, 0) is 85.9 Å². The van der Waals surface area contributed by atoms with Gasteiger partial charge in [-0.25, -0.2) is 0 Å². The zero-order valence-electron chi connectivity index (χ0n) is 31.7. The molecule has 0 unspecified atom stereocenters. The molecular formula is C56H37NO. The van der Waals surface area contributed by atoms with E-state index in [2.05, 4.69) is 229 Å². The van der Waals surface area contributed by atoms with Crippen molar-refractivity contribution >= 4 is 60.5 Å². The molecular weight excluding hydrogens is 703 g/mol. The minimum Gasteiger partial charge on any atom is -0.455 e. The van der Waals surface area contributed by atoms with Gasteiger partial charge in [-0.2, -0.15) is 0 Å². The SMILES string of the molecule is c1ccc(-c2ccccc2N(c2ccc(-c3ccc(-c4cccc5ccccc45)cc3)cc2)c2ccccc2-c2cccc3oc4c5ccccc5ccc4c23)cc1. The summed E-state index contributed by atoms with van der Waals surface area (Å²) in [6, 6.07) is 80.6. The summed E-state index contributed by atoms with van der Waals surface area (Å²) >= 11 is 0. The first kappa shape index (κ1) is 33.6. The van der Waals surface area contributed by atoms with E-state index in [0.29, 0.717) is 0 Å². The molecule has 0 N–H and O–H groups in total. The minimum atomic E-state index is 0.880. The molecule has 0 amide bonds. The molecule has 58 heavy (non-hydrogen) atoms. The number of nitrogens with zero attached hydrogens (tertiary/aromatic N) is 1. The molecule has 11 aromatic rings. The molecule has 0 bridgehead atoms. The molecule has 272 valence electrons. The van der Waals surface area contributed by atoms with Crippen LogP contribution in [0.5, 0.6) is 0 Å². The summed E-state index contributed by atoms with van der Waals surface area (Å²) in [6.45, 7) is 0. The lowest BCUT2D eigenvalue weighted by Gasteiger charge is -2.30. The van der Waals surface area contributed by atoms with E-state index in [0.717, 1.165) is 61.1 Å². The molecule has 1 heterocycles. The number of fused-ring (bicyclic) bond motifs is 6. The van der Waals surface area contributed by atoms with Gasteiger partial charge in [0.25, 0.3) is 0 Å². The van der Waals surface area contributed by atoms with Crippen molar-refractivity contribution in [1.82, 2.24) is 0 Å². The molecule has 1 aromatic heterocycles. The molecule has 0 atom stereocenters. The highest BCUT2D eigenvalue weighted by Gasteiger charge is 2.23. The Labute approximate surface area is 337 Å². The van der Waals surface area contributed by atoms with E-state index in [9.17, 15) is 0 Å². The first-order chi connectivity index (χ1) is 28.8. The fourth-order valence-corrected chi connectivity index (χ4v) is 8.74. The van der Waals surface area contributed by atoms with E-state index in [4.69, 9.17) is 4.42 Å². The molecule has 2 heteroatoms. The summed E-state index contributed by atoms with van der Waals surface area (Å²) in [5.41, 5.74) is 14.4. The number of hydrogen-bond acceptors (Lipinski definition) is 2. The topological polar surface area (TPSA) is 16.4 Å². The molecule has 0 saturated heterocycles. The molecule has 0 aliphatic rings. The van der Waals surface area contributed by atoms with Crippen molar-refractivity contribution < 1.29 is 4.42 Å². The van der Waals surface area contributed by atoms with Crippen molar-refractivity contribution in [2.75, 3.05) is 4.90 Å². The lowest BCUT2D eigenvalue weighted by molar-refractivity contribution is 0.673. The smallest absolute Gasteiger partial charge is 0.143 e. The average Bonchev–Trinajstić information content (AvgIpc) is 3.70. The Bertz CT molecular complexity index is 3260. The second-order valence-electron chi connectivity index (χ2n) is 14.8. The fourth-order valence-electron chi connectivity index (χ4n) is 8.74. The van der Waals surface area contributed by atoms with Crippen LogP contribution in [0.1, 0.15) is 0 Å². The Hall–Kier alpha value is -7.68. The predicted molar refractivity (Wildman–Crippen MR) is 245 cm³/mol. The third kappa shape index (κ3) is 5.74. The van der Waals surface area contributed by atoms with Gasteiger partial charge < -0.3 is 9.32 Å². The standard InChI is InChI=1S/C56H37NO/c1-2-14-41(15-3-1)47-20-8-10-25-52(47)57(44-35-32-39(33-36-44)38-28-30-43(31-29-38)46-23-12-18-40-16-4-6-19-45(40)46)53-26-11-9-22-49(53)50-24-13-27-54-55(50)51-37-34-42-17-5-7-21-48(42)56(51)58-54/h1-37H. The molecule has 0 aliphatic heterocycles. The number of anilines is 3. The van der Waals surface area contributed by atoms with Gasteiger partial charge in [0.15, 0.2) is 0 Å². The molecule has 0 spiro atoms. The molecule has 2 nitrogen and oxygen atoms in total. The van der Waals surface area contributed by atoms with Crippen LogP contribution in [0, 0.1) is 0 Å². The van der Waals surface area contributed by atoms with E-state index >= 15 is 0 Å². The monoisotopic (exact) mass is 739 g/mol. The zero-order chi connectivity index (χ0) is 38.4. The Balaban J connectivity index is 1.06. The molecule has 0 fully saturated rings. The Morgan fingerprint density at radius 2 is 0.810 bits per heavy atom. The Morgan fingerprint density at radius 1 is 0.293 bits per heavy atom. The van der Waals surface area contributed by atoms with Crippen molar-refractivity contribution in [2.45, 2.75) is 0 Å². The van der Waals surface area contributed by atoms with Crippen LogP contribution >= 0.6 is 0 Å². The van der Waals surface area contributed by atoms with Gasteiger partial charge in [0.05, 0.1) is 11.4 Å². The lowest BCUT2D eigenvalue weighted by Crippen LogP contribution is -2.12. The van der Waals surface area contributed by atoms with Gasteiger partial charge in [-0.1, -0.05) is 188 Å². The summed E-state index contributed by atoms with van der Waals surface area (Å²) in [5.74, 6) is 0. The van der Waals surface area contributed by atoms with Crippen molar-refractivity contribution in [3.63, 3.8) is 0 Å². The number of hydrogen-bond donors (Lipinski definition) is 0. The Kier molecular flexibility index (Phi) is 8.19. The van der Waals surface area contributed by atoms with Crippen molar-refractivity contribution in [2.24, 2.45) is 0 Å². The first-order valence-electron chi connectivity index (χ1n) is 19.8. The zero-order valence-corrected chi connectivity index (χ0v) is 31.7. The highest BCUT2D eigenvalue weighted by atomic mass is 16.3. The van der Waals surface area contributed by atoms with Gasteiger partial charge >= 0.3 is 0 Å². The summed E-state index contributed by atoms with van der Waals surface area (Å²) in [4.78, 5) is 2.42. The van der Waals surface area contributed by atoms with Crippen LogP contribution in [-0.2, 0) is 0 Å². The van der Waals surface area contributed by atoms with E-state index in [1.807, 2.05) is 0 Å². The second-order valence-corrected chi connectivity index (χ2v) is 14.8. The van der Waals surface area contributed by atoms with Gasteiger partial charge in [0.2, 0.25) is 0 Å². The molecule has 0 saturated carbocycles. The first-order valence-corrected chi connectivity index (χ1v) is 19.8. The molecule has 11 rings (SSSR count). The number of benzene rings is 10. The normalized spacial score (nSPS) is 11.4. The lowest BCUT2D eigenvalue weighted by atomic mass is 9.95. The molecule has 10 aromatic carbocycles. The molecule has 0 aliphatic carbocycles. The van der Waals surface area contributed by atoms with E-state index < -0.39 is 0 Å². The van der Waals surface area contributed by atoms with Crippen molar-refractivity contribution in [3.05, 3.63) is 224 Å². The molecule has 0 radical (unpaired) electrons. The number of para-hydroxylation sites is 2. The van der Waals surface area contributed by atoms with Crippen LogP contribution < -0.4 is 4.90 Å².